The minimum atomic E-state index is -0.00321. The number of nitrogens with one attached hydrogen (secondary N) is 1. The Kier molecular flexibility index (Phi) is 3.41. The molecule has 0 aromatic carbocycles. The van der Waals surface area contributed by atoms with Crippen molar-refractivity contribution in [1.82, 2.24) is 9.78 Å². The summed E-state index contributed by atoms with van der Waals surface area (Å²) >= 11 is 4.29. The molecule has 0 aliphatic carbocycles. The summed E-state index contributed by atoms with van der Waals surface area (Å²) in [5.74, 6) is -0.00321. The van der Waals surface area contributed by atoms with Crippen LogP contribution in [0.15, 0.2) is 35.0 Å². The van der Waals surface area contributed by atoms with Gasteiger partial charge in [0.1, 0.15) is 6.54 Å². The normalized spacial score (nSPS) is 10.7. The highest BCUT2D eigenvalue weighted by molar-refractivity contribution is 7.19. The predicted octanol–water partition coefficient (Wildman–Crippen LogP) is 3.10. The lowest BCUT2D eigenvalue weighted by molar-refractivity contribution is 0.0970. The van der Waals surface area contributed by atoms with Gasteiger partial charge in [-0.15, -0.1) is 22.7 Å². The van der Waals surface area contributed by atoms with E-state index in [1.54, 1.807) is 17.4 Å². The highest BCUT2D eigenvalue weighted by Gasteiger charge is 2.12. The quantitative estimate of drug-likeness (QED) is 0.753. The molecule has 0 bridgehead atoms. The van der Waals surface area contributed by atoms with Crippen molar-refractivity contribution >= 4 is 39.8 Å². The summed E-state index contributed by atoms with van der Waals surface area (Å²) in [6.07, 6.45) is 0. The third kappa shape index (κ3) is 2.58. The Morgan fingerprint density at radius 2 is 2.05 bits per heavy atom. The van der Waals surface area contributed by atoms with Gasteiger partial charge in [-0.1, -0.05) is 23.5 Å². The summed E-state index contributed by atoms with van der Waals surface area (Å²) in [7, 11) is 0. The number of Topliss-reactive ketones (excluding diaryl/α,β-unsaturated/α-hetero) is 1. The lowest BCUT2D eigenvalue weighted by Gasteiger charge is -1.97. The summed E-state index contributed by atoms with van der Waals surface area (Å²) in [6, 6.07) is 7.56. The number of thiophene rings is 2. The largest absolute Gasteiger partial charge is 0.291 e. The van der Waals surface area contributed by atoms with Gasteiger partial charge in [-0.25, -0.2) is 4.68 Å². The van der Waals surface area contributed by atoms with Gasteiger partial charge in [-0.3, -0.25) is 10.2 Å². The van der Waals surface area contributed by atoms with E-state index in [9.17, 15) is 4.79 Å². The molecule has 0 amide bonds. The average molecular weight is 307 g/mol. The van der Waals surface area contributed by atoms with E-state index in [2.05, 4.69) is 5.10 Å². The van der Waals surface area contributed by atoms with Crippen molar-refractivity contribution in [3.05, 3.63) is 44.7 Å². The van der Waals surface area contributed by atoms with E-state index in [4.69, 9.17) is 5.41 Å². The van der Waals surface area contributed by atoms with E-state index >= 15 is 0 Å². The standard InChI is InChI=1S/C12H9N3OS3/c13-12-15(7-8(16)9-3-1-5-17-9)14-11(19-12)10-4-2-6-18-10/h1-6,13H,7H2. The van der Waals surface area contributed by atoms with Crippen LogP contribution in [0.25, 0.3) is 9.88 Å². The van der Waals surface area contributed by atoms with Gasteiger partial charge in [0.25, 0.3) is 0 Å². The second-order valence-electron chi connectivity index (χ2n) is 3.75. The summed E-state index contributed by atoms with van der Waals surface area (Å²) in [5, 5.41) is 16.9. The molecule has 0 saturated heterocycles. The van der Waals surface area contributed by atoms with Gasteiger partial charge in [0.15, 0.2) is 10.8 Å². The zero-order chi connectivity index (χ0) is 13.2. The Labute approximate surface area is 121 Å². The molecular formula is C12H9N3OS3. The van der Waals surface area contributed by atoms with Crippen molar-refractivity contribution in [3.8, 4) is 9.88 Å². The summed E-state index contributed by atoms with van der Waals surface area (Å²) in [5.41, 5.74) is 0. The third-order valence-corrected chi connectivity index (χ3v) is 5.28. The second kappa shape index (κ2) is 5.20. The molecule has 0 atom stereocenters. The number of hydrogen-bond acceptors (Lipinski definition) is 6. The van der Waals surface area contributed by atoms with Gasteiger partial charge in [-0.05, 0) is 22.9 Å². The minimum absolute atomic E-state index is 0.00321. The first-order valence-electron chi connectivity index (χ1n) is 5.47. The second-order valence-corrected chi connectivity index (χ2v) is 6.62. The molecule has 3 aromatic heterocycles. The topological polar surface area (TPSA) is 58.7 Å². The van der Waals surface area contributed by atoms with E-state index in [0.29, 0.717) is 9.68 Å². The zero-order valence-corrected chi connectivity index (χ0v) is 12.1. The molecule has 19 heavy (non-hydrogen) atoms. The van der Waals surface area contributed by atoms with Crippen molar-refractivity contribution in [3.63, 3.8) is 0 Å². The van der Waals surface area contributed by atoms with Crippen LogP contribution in [-0.4, -0.2) is 15.6 Å². The maximum atomic E-state index is 12.0. The Morgan fingerprint density at radius 3 is 2.74 bits per heavy atom. The van der Waals surface area contributed by atoms with Crippen LogP contribution in [0.1, 0.15) is 9.67 Å². The maximum Gasteiger partial charge on any atom is 0.201 e. The van der Waals surface area contributed by atoms with Crippen LogP contribution in [-0.2, 0) is 6.54 Å². The van der Waals surface area contributed by atoms with Crippen molar-refractivity contribution in [1.29, 1.82) is 5.41 Å². The van der Waals surface area contributed by atoms with E-state index < -0.39 is 0 Å². The minimum Gasteiger partial charge on any atom is -0.291 e. The van der Waals surface area contributed by atoms with Crippen LogP contribution in [0.4, 0.5) is 0 Å². The molecular weight excluding hydrogens is 298 g/mol. The number of ketones is 1. The first-order chi connectivity index (χ1) is 9.24. The molecule has 1 N–H and O–H groups in total. The number of carbonyl (C=O) groups excluding carboxylic acids is 1. The smallest absolute Gasteiger partial charge is 0.201 e. The fourth-order valence-corrected chi connectivity index (χ4v) is 3.81. The molecule has 0 fully saturated rings. The molecule has 0 aliphatic heterocycles. The van der Waals surface area contributed by atoms with Gasteiger partial charge in [0.05, 0.1) is 9.75 Å². The Balaban J connectivity index is 1.86. The number of carbonyl (C=O) groups is 1. The van der Waals surface area contributed by atoms with Crippen LogP contribution in [0.2, 0.25) is 0 Å². The molecule has 0 radical (unpaired) electrons. The van der Waals surface area contributed by atoms with Gasteiger partial charge < -0.3 is 0 Å². The molecule has 96 valence electrons. The van der Waals surface area contributed by atoms with Crippen LogP contribution in [0.3, 0.4) is 0 Å². The van der Waals surface area contributed by atoms with Crippen molar-refractivity contribution in [2.75, 3.05) is 0 Å². The molecule has 0 unspecified atom stereocenters. The molecule has 0 spiro atoms. The highest BCUT2D eigenvalue weighted by atomic mass is 32.1. The first kappa shape index (κ1) is 12.5. The molecule has 4 nitrogen and oxygen atoms in total. The summed E-state index contributed by atoms with van der Waals surface area (Å²) < 4.78 is 1.46. The van der Waals surface area contributed by atoms with Gasteiger partial charge in [0.2, 0.25) is 4.80 Å². The first-order valence-corrected chi connectivity index (χ1v) is 8.05. The predicted molar refractivity (Wildman–Crippen MR) is 77.9 cm³/mol. The van der Waals surface area contributed by atoms with Crippen molar-refractivity contribution in [2.45, 2.75) is 6.54 Å². The fraction of sp³-hybridized carbons (Fsp3) is 0.0833. The van der Waals surface area contributed by atoms with Gasteiger partial charge in [-0.2, -0.15) is 5.10 Å². The molecule has 0 aliphatic rings. The molecule has 3 aromatic rings. The summed E-state index contributed by atoms with van der Waals surface area (Å²) in [4.78, 5) is 14.0. The van der Waals surface area contributed by atoms with Gasteiger partial charge in [0, 0.05) is 0 Å². The van der Waals surface area contributed by atoms with E-state index in [1.165, 1.54) is 27.4 Å². The average Bonchev–Trinajstić information content (AvgIpc) is 3.09. The fourth-order valence-electron chi connectivity index (χ4n) is 1.58. The zero-order valence-electron chi connectivity index (χ0n) is 9.70. The molecule has 7 heteroatoms. The number of aromatic nitrogens is 2. The van der Waals surface area contributed by atoms with E-state index in [-0.39, 0.29) is 12.3 Å². The Morgan fingerprint density at radius 1 is 1.26 bits per heavy atom. The molecule has 3 heterocycles. The Bertz CT molecular complexity index is 738. The molecule has 3 rings (SSSR count). The van der Waals surface area contributed by atoms with Crippen LogP contribution < -0.4 is 4.80 Å². The van der Waals surface area contributed by atoms with Gasteiger partial charge >= 0.3 is 0 Å². The van der Waals surface area contributed by atoms with Crippen LogP contribution >= 0.6 is 34.0 Å². The summed E-state index contributed by atoms with van der Waals surface area (Å²) in [6.45, 7) is 0.126. The van der Waals surface area contributed by atoms with Crippen molar-refractivity contribution in [2.24, 2.45) is 0 Å². The lowest BCUT2D eigenvalue weighted by atomic mass is 10.3. The van der Waals surface area contributed by atoms with Crippen molar-refractivity contribution < 1.29 is 4.79 Å². The maximum absolute atomic E-state index is 12.0. The SMILES string of the molecule is N=c1sc(-c2cccs2)nn1CC(=O)c1cccs1. The number of nitrogens with zero attached hydrogens (tertiary/aromatic N) is 2. The van der Waals surface area contributed by atoms with E-state index in [0.717, 1.165) is 9.88 Å². The lowest BCUT2D eigenvalue weighted by Crippen LogP contribution is -2.20. The third-order valence-electron chi connectivity index (χ3n) is 2.46. The van der Waals surface area contributed by atoms with Crippen LogP contribution in [0, 0.1) is 5.41 Å². The van der Waals surface area contributed by atoms with Crippen LogP contribution in [0.5, 0.6) is 0 Å². The number of hydrogen-bond donors (Lipinski definition) is 1. The highest BCUT2D eigenvalue weighted by Crippen LogP contribution is 2.24. The van der Waals surface area contributed by atoms with E-state index in [1.807, 2.05) is 29.0 Å². The number of rotatable bonds is 4. The monoisotopic (exact) mass is 307 g/mol. The molecule has 0 saturated carbocycles. The Hall–Kier alpha value is -1.57.